The fourth-order valence-corrected chi connectivity index (χ4v) is 1.88. The average molecular weight is 239 g/mol. The Morgan fingerprint density at radius 3 is 2.94 bits per heavy atom. The SMILES string of the molecule is COc1cccc2c(Cl)nc(CC(C)=O)n12. The summed E-state index contributed by atoms with van der Waals surface area (Å²) in [7, 11) is 1.57. The lowest BCUT2D eigenvalue weighted by Gasteiger charge is -2.05. The third-order valence-corrected chi connectivity index (χ3v) is 2.55. The first-order valence-electron chi connectivity index (χ1n) is 4.82. The number of nitrogens with zero attached hydrogens (tertiary/aromatic N) is 2. The number of carbonyl (C=O) groups is 1. The Hall–Kier alpha value is -1.55. The summed E-state index contributed by atoms with van der Waals surface area (Å²) in [5.41, 5.74) is 0.747. The van der Waals surface area contributed by atoms with E-state index in [9.17, 15) is 4.79 Å². The molecule has 0 unspecified atom stereocenters. The normalized spacial score (nSPS) is 10.7. The van der Waals surface area contributed by atoms with Crippen LogP contribution in [0, 0.1) is 0 Å². The first-order chi connectivity index (χ1) is 7.63. The molecule has 0 atom stereocenters. The summed E-state index contributed by atoms with van der Waals surface area (Å²) in [5.74, 6) is 1.26. The summed E-state index contributed by atoms with van der Waals surface area (Å²) >= 11 is 5.99. The minimum atomic E-state index is 0.0365. The van der Waals surface area contributed by atoms with Gasteiger partial charge in [0.1, 0.15) is 11.6 Å². The highest BCUT2D eigenvalue weighted by atomic mass is 35.5. The van der Waals surface area contributed by atoms with Gasteiger partial charge >= 0.3 is 0 Å². The molecular weight excluding hydrogens is 228 g/mol. The van der Waals surface area contributed by atoms with Crippen LogP contribution < -0.4 is 4.74 Å². The molecule has 84 valence electrons. The Morgan fingerprint density at radius 1 is 1.56 bits per heavy atom. The molecule has 0 amide bonds. The second kappa shape index (κ2) is 4.14. The number of fused-ring (bicyclic) bond motifs is 1. The first-order valence-corrected chi connectivity index (χ1v) is 5.20. The average Bonchev–Trinajstić information content (AvgIpc) is 2.55. The van der Waals surface area contributed by atoms with Crippen LogP contribution in [0.25, 0.3) is 5.52 Å². The van der Waals surface area contributed by atoms with Gasteiger partial charge in [-0.2, -0.15) is 0 Å². The molecular formula is C11H11ClN2O2. The van der Waals surface area contributed by atoms with E-state index >= 15 is 0 Å². The Bertz CT molecular complexity index is 548. The van der Waals surface area contributed by atoms with Crippen molar-refractivity contribution in [2.24, 2.45) is 0 Å². The number of carbonyl (C=O) groups excluding carboxylic acids is 1. The maximum atomic E-state index is 11.1. The van der Waals surface area contributed by atoms with Crippen LogP contribution in [0.2, 0.25) is 5.15 Å². The Balaban J connectivity index is 2.69. The molecule has 0 aromatic carbocycles. The molecule has 0 fully saturated rings. The molecule has 0 aliphatic heterocycles. The molecule has 0 aliphatic carbocycles. The highest BCUT2D eigenvalue weighted by Gasteiger charge is 2.13. The maximum absolute atomic E-state index is 11.1. The Kier molecular flexibility index (Phi) is 2.83. The number of hydrogen-bond donors (Lipinski definition) is 0. The summed E-state index contributed by atoms with van der Waals surface area (Å²) in [4.78, 5) is 15.3. The molecule has 2 heterocycles. The number of ether oxygens (including phenoxy) is 1. The van der Waals surface area contributed by atoms with Crippen molar-refractivity contribution in [3.05, 3.63) is 29.2 Å². The van der Waals surface area contributed by atoms with Crippen molar-refractivity contribution in [1.82, 2.24) is 9.38 Å². The van der Waals surface area contributed by atoms with Gasteiger partial charge in [0, 0.05) is 0 Å². The van der Waals surface area contributed by atoms with Crippen LogP contribution >= 0.6 is 11.6 Å². The van der Waals surface area contributed by atoms with Gasteiger partial charge < -0.3 is 4.74 Å². The van der Waals surface area contributed by atoms with Crippen molar-refractivity contribution < 1.29 is 9.53 Å². The topological polar surface area (TPSA) is 43.6 Å². The fourth-order valence-electron chi connectivity index (χ4n) is 1.64. The summed E-state index contributed by atoms with van der Waals surface area (Å²) in [6.45, 7) is 1.52. The summed E-state index contributed by atoms with van der Waals surface area (Å²) in [6.07, 6.45) is 0.244. The first kappa shape index (κ1) is 11.0. The molecule has 0 saturated carbocycles. The van der Waals surface area contributed by atoms with E-state index in [1.807, 2.05) is 12.1 Å². The van der Waals surface area contributed by atoms with Crippen LogP contribution in [0.5, 0.6) is 5.88 Å². The molecule has 0 bridgehead atoms. The largest absolute Gasteiger partial charge is 0.482 e. The molecule has 0 spiro atoms. The van der Waals surface area contributed by atoms with Gasteiger partial charge in [-0.05, 0) is 19.1 Å². The van der Waals surface area contributed by atoms with Crippen molar-refractivity contribution in [2.75, 3.05) is 7.11 Å². The van der Waals surface area contributed by atoms with Gasteiger partial charge in [0.25, 0.3) is 0 Å². The van der Waals surface area contributed by atoms with Crippen molar-refractivity contribution >= 4 is 22.9 Å². The number of Topliss-reactive ketones (excluding diaryl/α,β-unsaturated/α-hetero) is 1. The maximum Gasteiger partial charge on any atom is 0.199 e. The number of rotatable bonds is 3. The zero-order chi connectivity index (χ0) is 11.7. The second-order valence-electron chi connectivity index (χ2n) is 3.49. The Morgan fingerprint density at radius 2 is 2.31 bits per heavy atom. The van der Waals surface area contributed by atoms with Crippen molar-refractivity contribution in [1.29, 1.82) is 0 Å². The highest BCUT2D eigenvalue weighted by Crippen LogP contribution is 2.24. The van der Waals surface area contributed by atoms with Crippen LogP contribution in [0.1, 0.15) is 12.7 Å². The molecule has 5 heteroatoms. The number of aromatic nitrogens is 2. The second-order valence-corrected chi connectivity index (χ2v) is 3.84. The molecule has 4 nitrogen and oxygen atoms in total. The number of halogens is 1. The number of pyridine rings is 1. The van der Waals surface area contributed by atoms with Gasteiger partial charge in [-0.15, -0.1) is 0 Å². The van der Waals surface area contributed by atoms with E-state index in [0.29, 0.717) is 16.9 Å². The van der Waals surface area contributed by atoms with E-state index in [4.69, 9.17) is 16.3 Å². The zero-order valence-electron chi connectivity index (χ0n) is 9.03. The third kappa shape index (κ3) is 1.76. The number of hydrogen-bond acceptors (Lipinski definition) is 3. The quantitative estimate of drug-likeness (QED) is 0.823. The fraction of sp³-hybridized carbons (Fsp3) is 0.273. The zero-order valence-corrected chi connectivity index (χ0v) is 9.78. The number of methoxy groups -OCH3 is 1. The van der Waals surface area contributed by atoms with E-state index in [0.717, 1.165) is 5.52 Å². The van der Waals surface area contributed by atoms with E-state index < -0.39 is 0 Å². The predicted octanol–water partition coefficient (Wildman–Crippen LogP) is 2.13. The lowest BCUT2D eigenvalue weighted by molar-refractivity contribution is -0.116. The van der Waals surface area contributed by atoms with Crippen LogP contribution in [-0.2, 0) is 11.2 Å². The van der Waals surface area contributed by atoms with Crippen molar-refractivity contribution in [3.8, 4) is 5.88 Å². The summed E-state index contributed by atoms with van der Waals surface area (Å²) in [6, 6.07) is 5.47. The lowest BCUT2D eigenvalue weighted by atomic mass is 10.3. The number of ketones is 1. The minimum Gasteiger partial charge on any atom is -0.482 e. The lowest BCUT2D eigenvalue weighted by Crippen LogP contribution is -2.04. The molecule has 2 aromatic rings. The molecule has 0 aliphatic rings. The van der Waals surface area contributed by atoms with Gasteiger partial charge in [-0.25, -0.2) is 4.98 Å². The van der Waals surface area contributed by atoms with E-state index in [-0.39, 0.29) is 12.2 Å². The monoisotopic (exact) mass is 238 g/mol. The van der Waals surface area contributed by atoms with Crippen LogP contribution in [0.15, 0.2) is 18.2 Å². The number of imidazole rings is 1. The standard InChI is InChI=1S/C11H11ClN2O2/c1-7(15)6-9-13-11(12)8-4-3-5-10(16-2)14(8)9/h3-5H,6H2,1-2H3. The van der Waals surface area contributed by atoms with Crippen LogP contribution in [0.3, 0.4) is 0 Å². The van der Waals surface area contributed by atoms with E-state index in [2.05, 4.69) is 4.98 Å². The van der Waals surface area contributed by atoms with Gasteiger partial charge in [-0.3, -0.25) is 9.20 Å². The van der Waals surface area contributed by atoms with E-state index in [1.54, 1.807) is 17.6 Å². The van der Waals surface area contributed by atoms with Gasteiger partial charge in [0.15, 0.2) is 11.0 Å². The van der Waals surface area contributed by atoms with E-state index in [1.165, 1.54) is 6.92 Å². The van der Waals surface area contributed by atoms with Crippen LogP contribution in [-0.4, -0.2) is 22.3 Å². The van der Waals surface area contributed by atoms with Crippen molar-refractivity contribution in [2.45, 2.75) is 13.3 Å². The van der Waals surface area contributed by atoms with Gasteiger partial charge in [0.05, 0.1) is 19.0 Å². The van der Waals surface area contributed by atoms with Gasteiger partial charge in [-0.1, -0.05) is 17.7 Å². The summed E-state index contributed by atoms with van der Waals surface area (Å²) < 4.78 is 6.97. The third-order valence-electron chi connectivity index (χ3n) is 2.27. The molecule has 0 radical (unpaired) electrons. The van der Waals surface area contributed by atoms with Crippen molar-refractivity contribution in [3.63, 3.8) is 0 Å². The summed E-state index contributed by atoms with van der Waals surface area (Å²) in [5, 5.41) is 0.384. The molecule has 0 N–H and O–H groups in total. The molecule has 2 aromatic heterocycles. The molecule has 16 heavy (non-hydrogen) atoms. The molecule has 2 rings (SSSR count). The molecule has 0 saturated heterocycles. The van der Waals surface area contributed by atoms with Gasteiger partial charge in [0.2, 0.25) is 0 Å². The van der Waals surface area contributed by atoms with Crippen LogP contribution in [0.4, 0.5) is 0 Å². The minimum absolute atomic E-state index is 0.0365. The highest BCUT2D eigenvalue weighted by molar-refractivity contribution is 6.32. The smallest absolute Gasteiger partial charge is 0.199 e. The predicted molar refractivity (Wildman–Crippen MR) is 61.1 cm³/mol. The Labute approximate surface area is 97.8 Å².